The molecular weight excluding hydrogens is 249 g/mol. The Hall–Kier alpha value is -1.32. The highest BCUT2D eigenvalue weighted by molar-refractivity contribution is 6.36. The number of carbonyl (C=O) groups excluding carboxylic acids is 2. The Labute approximate surface area is 102 Å². The Morgan fingerprint density at radius 1 is 1.06 bits per heavy atom. The number of imide groups is 1. The molecule has 3 nitrogen and oxygen atoms in total. The van der Waals surface area contributed by atoms with Crippen LogP contribution in [0.15, 0.2) is 29.8 Å². The SMILES string of the molecule is CC1=CC(=O)N(c2cc(Cl)cc(Cl)c2)C1=O. The van der Waals surface area contributed by atoms with Crippen molar-refractivity contribution in [1.82, 2.24) is 0 Å². The molecule has 0 saturated heterocycles. The molecule has 0 unspecified atom stereocenters. The Bertz CT molecular complexity index is 502. The van der Waals surface area contributed by atoms with Crippen LogP contribution in [0.5, 0.6) is 0 Å². The number of carbonyl (C=O) groups is 2. The van der Waals surface area contributed by atoms with Crippen LogP contribution in [0.1, 0.15) is 6.92 Å². The summed E-state index contributed by atoms with van der Waals surface area (Å²) in [5, 5.41) is 0.764. The second-order valence-corrected chi connectivity index (χ2v) is 4.31. The lowest BCUT2D eigenvalue weighted by Crippen LogP contribution is -2.30. The fourth-order valence-electron chi connectivity index (χ4n) is 1.50. The van der Waals surface area contributed by atoms with Crippen LogP contribution in [0.2, 0.25) is 10.0 Å². The van der Waals surface area contributed by atoms with Gasteiger partial charge < -0.3 is 0 Å². The quantitative estimate of drug-likeness (QED) is 0.724. The smallest absolute Gasteiger partial charge is 0.261 e. The number of anilines is 1. The number of hydrogen-bond donors (Lipinski definition) is 0. The van der Waals surface area contributed by atoms with Crippen molar-refractivity contribution in [2.45, 2.75) is 6.92 Å². The molecule has 16 heavy (non-hydrogen) atoms. The van der Waals surface area contributed by atoms with Crippen LogP contribution < -0.4 is 4.90 Å². The molecule has 0 atom stereocenters. The van der Waals surface area contributed by atoms with E-state index in [-0.39, 0.29) is 11.8 Å². The topological polar surface area (TPSA) is 37.4 Å². The van der Waals surface area contributed by atoms with Crippen molar-refractivity contribution in [2.75, 3.05) is 4.90 Å². The molecule has 1 aliphatic heterocycles. The van der Waals surface area contributed by atoms with Gasteiger partial charge in [-0.15, -0.1) is 0 Å². The van der Waals surface area contributed by atoms with E-state index in [9.17, 15) is 9.59 Å². The van der Waals surface area contributed by atoms with E-state index >= 15 is 0 Å². The Balaban J connectivity index is 2.46. The van der Waals surface area contributed by atoms with E-state index in [0.29, 0.717) is 21.3 Å². The highest BCUT2D eigenvalue weighted by Gasteiger charge is 2.29. The molecule has 0 spiro atoms. The minimum Gasteiger partial charge on any atom is -0.269 e. The third-order valence-corrected chi connectivity index (χ3v) is 2.64. The van der Waals surface area contributed by atoms with Gasteiger partial charge in [0.2, 0.25) is 0 Å². The fraction of sp³-hybridized carbons (Fsp3) is 0.0909. The zero-order valence-corrected chi connectivity index (χ0v) is 9.84. The predicted octanol–water partition coefficient (Wildman–Crippen LogP) is 2.81. The molecule has 2 amide bonds. The summed E-state index contributed by atoms with van der Waals surface area (Å²) in [4.78, 5) is 24.3. The predicted molar refractivity (Wildman–Crippen MR) is 62.7 cm³/mol. The van der Waals surface area contributed by atoms with Gasteiger partial charge in [-0.25, -0.2) is 4.90 Å². The Morgan fingerprint density at radius 2 is 1.62 bits per heavy atom. The first-order valence-corrected chi connectivity index (χ1v) is 5.27. The first-order valence-electron chi connectivity index (χ1n) is 4.52. The van der Waals surface area contributed by atoms with Crippen LogP contribution in [0.25, 0.3) is 0 Å². The van der Waals surface area contributed by atoms with E-state index in [1.54, 1.807) is 6.92 Å². The van der Waals surface area contributed by atoms with Gasteiger partial charge >= 0.3 is 0 Å². The third kappa shape index (κ3) is 1.84. The summed E-state index contributed by atoms with van der Waals surface area (Å²) < 4.78 is 0. The zero-order chi connectivity index (χ0) is 11.9. The summed E-state index contributed by atoms with van der Waals surface area (Å²) >= 11 is 11.6. The maximum absolute atomic E-state index is 11.7. The number of halogens is 2. The molecule has 1 aliphatic rings. The van der Waals surface area contributed by atoms with E-state index in [2.05, 4.69) is 0 Å². The normalized spacial score (nSPS) is 15.7. The summed E-state index contributed by atoms with van der Waals surface area (Å²) in [6.07, 6.45) is 1.29. The first-order chi connectivity index (χ1) is 7.49. The van der Waals surface area contributed by atoms with Crippen molar-refractivity contribution in [3.8, 4) is 0 Å². The Kier molecular flexibility index (Phi) is 2.74. The lowest BCUT2D eigenvalue weighted by Gasteiger charge is -2.14. The van der Waals surface area contributed by atoms with Gasteiger partial charge in [0, 0.05) is 21.7 Å². The van der Waals surface area contributed by atoms with Crippen molar-refractivity contribution in [3.63, 3.8) is 0 Å². The monoisotopic (exact) mass is 255 g/mol. The number of nitrogens with zero attached hydrogens (tertiary/aromatic N) is 1. The molecule has 5 heteroatoms. The minimum absolute atomic E-state index is 0.344. The second kappa shape index (κ2) is 3.92. The lowest BCUT2D eigenvalue weighted by atomic mass is 10.3. The van der Waals surface area contributed by atoms with Gasteiger partial charge in [-0.1, -0.05) is 23.2 Å². The Morgan fingerprint density at radius 3 is 2.06 bits per heavy atom. The molecule has 0 bridgehead atoms. The van der Waals surface area contributed by atoms with Gasteiger partial charge in [-0.05, 0) is 25.1 Å². The summed E-state index contributed by atoms with van der Waals surface area (Å²) in [6, 6.07) is 4.59. The number of benzene rings is 1. The van der Waals surface area contributed by atoms with Gasteiger partial charge in [-0.2, -0.15) is 0 Å². The minimum atomic E-state index is -0.374. The summed E-state index contributed by atoms with van der Waals surface area (Å²) in [7, 11) is 0. The average molecular weight is 256 g/mol. The van der Waals surface area contributed by atoms with Crippen LogP contribution in [0, 0.1) is 0 Å². The van der Waals surface area contributed by atoms with Crippen molar-refractivity contribution in [3.05, 3.63) is 39.9 Å². The number of amides is 2. The second-order valence-electron chi connectivity index (χ2n) is 3.43. The standard InChI is InChI=1S/C11H7Cl2NO2/c1-6-2-10(15)14(11(6)16)9-4-7(12)3-8(13)5-9/h2-5H,1H3. The maximum atomic E-state index is 11.7. The van der Waals surface area contributed by atoms with Crippen LogP contribution in [-0.2, 0) is 9.59 Å². The van der Waals surface area contributed by atoms with Crippen LogP contribution in [0.4, 0.5) is 5.69 Å². The molecule has 2 rings (SSSR count). The zero-order valence-electron chi connectivity index (χ0n) is 8.33. The van der Waals surface area contributed by atoms with Crippen LogP contribution >= 0.6 is 23.2 Å². The van der Waals surface area contributed by atoms with Gasteiger partial charge in [0.05, 0.1) is 5.69 Å². The molecule has 0 saturated carbocycles. The van der Waals surface area contributed by atoms with Crippen molar-refractivity contribution < 1.29 is 9.59 Å². The van der Waals surface area contributed by atoms with E-state index in [1.807, 2.05) is 0 Å². The molecule has 1 heterocycles. The van der Waals surface area contributed by atoms with Gasteiger partial charge in [0.1, 0.15) is 0 Å². The molecule has 0 aliphatic carbocycles. The van der Waals surface area contributed by atoms with Gasteiger partial charge in [0.15, 0.2) is 0 Å². The summed E-state index contributed by atoms with van der Waals surface area (Å²) in [6.45, 7) is 1.59. The highest BCUT2D eigenvalue weighted by atomic mass is 35.5. The molecule has 1 aromatic carbocycles. The molecule has 1 aromatic rings. The third-order valence-electron chi connectivity index (χ3n) is 2.21. The molecule has 0 N–H and O–H groups in total. The molecule has 0 fully saturated rings. The first kappa shape index (κ1) is 11.2. The van der Waals surface area contributed by atoms with E-state index in [4.69, 9.17) is 23.2 Å². The molecule has 82 valence electrons. The molecule has 0 aromatic heterocycles. The highest BCUT2D eigenvalue weighted by Crippen LogP contribution is 2.28. The largest absolute Gasteiger partial charge is 0.269 e. The van der Waals surface area contributed by atoms with E-state index in [0.717, 1.165) is 4.90 Å². The van der Waals surface area contributed by atoms with Crippen molar-refractivity contribution >= 4 is 40.7 Å². The van der Waals surface area contributed by atoms with Crippen LogP contribution in [-0.4, -0.2) is 11.8 Å². The maximum Gasteiger partial charge on any atom is 0.261 e. The van der Waals surface area contributed by atoms with Gasteiger partial charge in [-0.3, -0.25) is 9.59 Å². The summed E-state index contributed by atoms with van der Waals surface area (Å²) in [5.41, 5.74) is 0.793. The molecule has 0 radical (unpaired) electrons. The van der Waals surface area contributed by atoms with Crippen LogP contribution in [0.3, 0.4) is 0 Å². The van der Waals surface area contributed by atoms with Crippen molar-refractivity contribution in [1.29, 1.82) is 0 Å². The molecular formula is C11H7Cl2NO2. The average Bonchev–Trinajstić information content (AvgIpc) is 2.39. The summed E-state index contributed by atoms with van der Waals surface area (Å²) in [5.74, 6) is -0.718. The fourth-order valence-corrected chi connectivity index (χ4v) is 2.02. The van der Waals surface area contributed by atoms with Crippen molar-refractivity contribution in [2.24, 2.45) is 0 Å². The van der Waals surface area contributed by atoms with E-state index < -0.39 is 0 Å². The van der Waals surface area contributed by atoms with E-state index in [1.165, 1.54) is 24.3 Å². The lowest BCUT2D eigenvalue weighted by molar-refractivity contribution is -0.120. The van der Waals surface area contributed by atoms with Gasteiger partial charge in [0.25, 0.3) is 11.8 Å². The number of hydrogen-bond acceptors (Lipinski definition) is 2. The number of rotatable bonds is 1.